The van der Waals surface area contributed by atoms with Gasteiger partial charge < -0.3 is 10.4 Å². The lowest BCUT2D eigenvalue weighted by Crippen LogP contribution is -2.37. The first-order valence-electron chi connectivity index (χ1n) is 12.4. The summed E-state index contributed by atoms with van der Waals surface area (Å²) in [5.41, 5.74) is 6.23. The Morgan fingerprint density at radius 3 is 2.39 bits per heavy atom. The van der Waals surface area contributed by atoms with E-state index in [9.17, 15) is 14.0 Å². The van der Waals surface area contributed by atoms with E-state index in [1.807, 2.05) is 24.3 Å². The van der Waals surface area contributed by atoms with Gasteiger partial charge in [-0.3, -0.25) is 14.6 Å². The largest absolute Gasteiger partial charge is 0.481 e. The molecule has 0 bridgehead atoms. The van der Waals surface area contributed by atoms with Crippen molar-refractivity contribution >= 4 is 23.3 Å². The molecule has 2 aromatic carbocycles. The van der Waals surface area contributed by atoms with Crippen LogP contribution in [0.25, 0.3) is 0 Å². The molecule has 3 aliphatic rings. The van der Waals surface area contributed by atoms with Crippen LogP contribution < -0.4 is 5.32 Å². The SMILES string of the molecule is O=C(O)CCCCC1=NC2CC(C(=O)NC3Cc4ccccc4C3)=CC=C2N=C1c1ccc(F)cc1. The third-order valence-corrected chi connectivity index (χ3v) is 6.89. The zero-order valence-corrected chi connectivity index (χ0v) is 19.9. The Morgan fingerprint density at radius 2 is 1.69 bits per heavy atom. The number of carbonyl (C=O) groups is 2. The van der Waals surface area contributed by atoms with Crippen LogP contribution in [0.2, 0.25) is 0 Å². The molecule has 1 atom stereocenters. The molecule has 0 spiro atoms. The van der Waals surface area contributed by atoms with Gasteiger partial charge in [0.05, 0.1) is 23.2 Å². The molecular weight excluding hydrogens is 457 g/mol. The first kappa shape index (κ1) is 23.9. The number of fused-ring (bicyclic) bond motifs is 2. The molecule has 1 amide bonds. The number of nitrogens with one attached hydrogen (secondary N) is 1. The van der Waals surface area contributed by atoms with Gasteiger partial charge in [0.15, 0.2) is 0 Å². The molecule has 1 aliphatic heterocycles. The third kappa shape index (κ3) is 5.35. The standard InChI is InChI=1S/C29H28FN3O3/c30-22-12-9-18(10-13-22)28-25(7-3-4-8-27(34)35)32-26-17-21(11-14-24(26)33-28)29(36)31-23-15-19-5-1-2-6-20(19)16-23/h1-2,5-6,9-14,23,26H,3-4,7-8,15-17H2,(H,31,36)(H,34,35). The number of carboxylic acids is 1. The zero-order chi connectivity index (χ0) is 25.1. The van der Waals surface area contributed by atoms with E-state index in [1.165, 1.54) is 23.3 Å². The fourth-order valence-electron chi connectivity index (χ4n) is 5.04. The molecule has 0 saturated heterocycles. The van der Waals surface area contributed by atoms with E-state index in [0.29, 0.717) is 37.0 Å². The maximum atomic E-state index is 13.5. The molecule has 1 heterocycles. The van der Waals surface area contributed by atoms with Crippen molar-refractivity contribution in [1.29, 1.82) is 0 Å². The maximum Gasteiger partial charge on any atom is 0.303 e. The molecule has 0 aromatic heterocycles. The zero-order valence-electron chi connectivity index (χ0n) is 19.9. The molecule has 5 rings (SSSR count). The van der Waals surface area contributed by atoms with Gasteiger partial charge in [-0.1, -0.05) is 30.3 Å². The topological polar surface area (TPSA) is 91.1 Å². The number of carboxylic acid groups (broad SMARTS) is 1. The van der Waals surface area contributed by atoms with Crippen LogP contribution in [0.1, 0.15) is 48.8 Å². The van der Waals surface area contributed by atoms with E-state index in [0.717, 1.165) is 29.8 Å². The molecule has 0 radical (unpaired) electrons. The maximum absolute atomic E-state index is 13.5. The van der Waals surface area contributed by atoms with Crippen LogP contribution in [0, 0.1) is 5.82 Å². The van der Waals surface area contributed by atoms with E-state index >= 15 is 0 Å². The van der Waals surface area contributed by atoms with Gasteiger partial charge in [-0.15, -0.1) is 0 Å². The molecule has 7 heteroatoms. The van der Waals surface area contributed by atoms with Crippen LogP contribution in [0.3, 0.4) is 0 Å². The highest BCUT2D eigenvalue weighted by molar-refractivity contribution is 6.49. The third-order valence-electron chi connectivity index (χ3n) is 6.89. The molecule has 2 aromatic rings. The van der Waals surface area contributed by atoms with Crippen LogP contribution in [0.15, 0.2) is 81.9 Å². The minimum absolute atomic E-state index is 0.0744. The molecule has 2 aliphatic carbocycles. The smallest absolute Gasteiger partial charge is 0.303 e. The highest BCUT2D eigenvalue weighted by atomic mass is 19.1. The summed E-state index contributed by atoms with van der Waals surface area (Å²) in [6.07, 6.45) is 7.66. The first-order chi connectivity index (χ1) is 17.5. The highest BCUT2D eigenvalue weighted by Gasteiger charge is 2.30. The molecular formula is C29H28FN3O3. The molecule has 2 N–H and O–H groups in total. The van der Waals surface area contributed by atoms with E-state index in [4.69, 9.17) is 15.1 Å². The number of unbranched alkanes of at least 4 members (excludes halogenated alkanes) is 1. The van der Waals surface area contributed by atoms with Crippen LogP contribution >= 0.6 is 0 Å². The summed E-state index contributed by atoms with van der Waals surface area (Å²) >= 11 is 0. The number of rotatable bonds is 8. The summed E-state index contributed by atoms with van der Waals surface area (Å²) in [5, 5.41) is 12.1. The van der Waals surface area contributed by atoms with Gasteiger partial charge in [0.2, 0.25) is 5.91 Å². The lowest BCUT2D eigenvalue weighted by Gasteiger charge is -2.26. The van der Waals surface area contributed by atoms with Gasteiger partial charge in [-0.25, -0.2) is 9.38 Å². The average Bonchev–Trinajstić information content (AvgIpc) is 3.28. The number of hydrogen-bond donors (Lipinski definition) is 2. The quantitative estimate of drug-likeness (QED) is 0.536. The Kier molecular flexibility index (Phi) is 6.89. The van der Waals surface area contributed by atoms with Crippen LogP contribution in [-0.4, -0.2) is 40.5 Å². The van der Waals surface area contributed by atoms with E-state index < -0.39 is 5.97 Å². The lowest BCUT2D eigenvalue weighted by molar-refractivity contribution is -0.137. The number of aliphatic imine (C=N–C) groups is 2. The number of carbonyl (C=O) groups excluding carboxylic acids is 1. The number of benzene rings is 2. The van der Waals surface area contributed by atoms with Gasteiger partial charge in [0.1, 0.15) is 5.82 Å². The number of halogens is 1. The molecule has 6 nitrogen and oxygen atoms in total. The Bertz CT molecular complexity index is 1280. The van der Waals surface area contributed by atoms with Crippen molar-refractivity contribution in [3.05, 3.63) is 94.5 Å². The molecule has 0 fully saturated rings. The van der Waals surface area contributed by atoms with Gasteiger partial charge in [0.25, 0.3) is 0 Å². The van der Waals surface area contributed by atoms with Crippen molar-refractivity contribution in [2.45, 2.75) is 57.0 Å². The van der Waals surface area contributed by atoms with Gasteiger partial charge in [0, 0.05) is 30.0 Å². The second-order valence-corrected chi connectivity index (χ2v) is 9.49. The Labute approximate surface area is 209 Å². The lowest BCUT2D eigenvalue weighted by atomic mass is 9.92. The number of allylic oxidation sites excluding steroid dienone is 2. The highest BCUT2D eigenvalue weighted by Crippen LogP contribution is 2.29. The number of nitrogens with zero attached hydrogens (tertiary/aromatic N) is 2. The molecule has 0 saturated carbocycles. The van der Waals surface area contributed by atoms with Crippen LogP contribution in [0.4, 0.5) is 4.39 Å². The van der Waals surface area contributed by atoms with Crippen molar-refractivity contribution in [2.75, 3.05) is 0 Å². The monoisotopic (exact) mass is 485 g/mol. The van der Waals surface area contributed by atoms with Gasteiger partial charge >= 0.3 is 5.97 Å². The summed E-state index contributed by atoms with van der Waals surface area (Å²) in [6.45, 7) is 0. The molecule has 1 unspecified atom stereocenters. The van der Waals surface area contributed by atoms with Crippen molar-refractivity contribution < 1.29 is 19.1 Å². The Balaban J connectivity index is 1.32. The van der Waals surface area contributed by atoms with Crippen molar-refractivity contribution in [3.8, 4) is 0 Å². The summed E-state index contributed by atoms with van der Waals surface area (Å²) < 4.78 is 13.5. The Hall–Kier alpha value is -3.87. The van der Waals surface area contributed by atoms with Crippen molar-refractivity contribution in [1.82, 2.24) is 5.32 Å². The van der Waals surface area contributed by atoms with Crippen molar-refractivity contribution in [3.63, 3.8) is 0 Å². The summed E-state index contributed by atoms with van der Waals surface area (Å²) in [7, 11) is 0. The number of amides is 1. The predicted molar refractivity (Wildman–Crippen MR) is 137 cm³/mol. The molecule has 184 valence electrons. The molecule has 36 heavy (non-hydrogen) atoms. The van der Waals surface area contributed by atoms with E-state index in [-0.39, 0.29) is 30.2 Å². The van der Waals surface area contributed by atoms with E-state index in [2.05, 4.69) is 17.4 Å². The second-order valence-electron chi connectivity index (χ2n) is 9.49. The number of hydrogen-bond acceptors (Lipinski definition) is 4. The second kappa shape index (κ2) is 10.4. The summed E-state index contributed by atoms with van der Waals surface area (Å²) in [4.78, 5) is 33.8. The van der Waals surface area contributed by atoms with Gasteiger partial charge in [-0.05, 0) is 73.6 Å². The fourth-order valence-corrected chi connectivity index (χ4v) is 5.04. The summed E-state index contributed by atoms with van der Waals surface area (Å²) in [6, 6.07) is 14.2. The minimum Gasteiger partial charge on any atom is -0.481 e. The summed E-state index contributed by atoms with van der Waals surface area (Å²) in [5.74, 6) is -1.22. The number of aliphatic carboxylic acids is 1. The van der Waals surface area contributed by atoms with Crippen molar-refractivity contribution in [2.24, 2.45) is 9.98 Å². The van der Waals surface area contributed by atoms with Crippen LogP contribution in [-0.2, 0) is 22.4 Å². The first-order valence-corrected chi connectivity index (χ1v) is 12.4. The van der Waals surface area contributed by atoms with Gasteiger partial charge in [-0.2, -0.15) is 0 Å². The average molecular weight is 486 g/mol. The van der Waals surface area contributed by atoms with Crippen LogP contribution in [0.5, 0.6) is 0 Å². The predicted octanol–water partition coefficient (Wildman–Crippen LogP) is 4.58. The minimum atomic E-state index is -0.823. The Morgan fingerprint density at radius 1 is 0.972 bits per heavy atom. The fraction of sp³-hybridized carbons (Fsp3) is 0.310. The normalized spacial score (nSPS) is 18.9. The van der Waals surface area contributed by atoms with E-state index in [1.54, 1.807) is 12.1 Å².